The summed E-state index contributed by atoms with van der Waals surface area (Å²) < 4.78 is 0. The van der Waals surface area contributed by atoms with E-state index in [0.717, 1.165) is 23.0 Å². The number of fused-ring (bicyclic) bond motifs is 2. The second-order valence-electron chi connectivity index (χ2n) is 10.6. The molecule has 1 aromatic heterocycles. The standard InChI is InChI=1S/C27H39N3/c1-10-16(4)30(9)25-22-21(13-14-28-25)29-24-18(15-20(24)26(6,7)8)23(22)27(12-3)17(5)19(27)11-2/h10,13-15,17-19,24H,11-12H2,1-9H3/t17?,18?,19?,24-,27-/m0/s1. The van der Waals surface area contributed by atoms with Crippen molar-refractivity contribution in [2.75, 3.05) is 11.9 Å². The molecule has 0 aromatic carbocycles. The van der Waals surface area contributed by atoms with Gasteiger partial charge in [-0.15, -0.1) is 0 Å². The van der Waals surface area contributed by atoms with Gasteiger partial charge >= 0.3 is 0 Å². The first kappa shape index (κ1) is 21.3. The van der Waals surface area contributed by atoms with Gasteiger partial charge in [0.2, 0.25) is 0 Å². The zero-order valence-electron chi connectivity index (χ0n) is 20.4. The summed E-state index contributed by atoms with van der Waals surface area (Å²) >= 11 is 0. The lowest BCUT2D eigenvalue weighted by atomic mass is 9.62. The van der Waals surface area contributed by atoms with Gasteiger partial charge in [0.1, 0.15) is 5.82 Å². The Morgan fingerprint density at radius 1 is 1.27 bits per heavy atom. The Bertz CT molecular complexity index is 1040. The third-order valence-corrected chi connectivity index (χ3v) is 8.43. The summed E-state index contributed by atoms with van der Waals surface area (Å²) in [6.45, 7) is 18.5. The maximum absolute atomic E-state index is 5.32. The van der Waals surface area contributed by atoms with Crippen molar-refractivity contribution >= 4 is 11.4 Å². The van der Waals surface area contributed by atoms with Crippen LogP contribution in [0.3, 0.4) is 0 Å². The van der Waals surface area contributed by atoms with E-state index in [-0.39, 0.29) is 10.8 Å². The van der Waals surface area contributed by atoms with Crippen molar-refractivity contribution in [1.29, 1.82) is 0 Å². The molecule has 5 atom stereocenters. The quantitative estimate of drug-likeness (QED) is 0.625. The molecule has 4 rings (SSSR count). The molecule has 3 aliphatic rings. The van der Waals surface area contributed by atoms with Crippen LogP contribution >= 0.6 is 0 Å². The summed E-state index contributed by atoms with van der Waals surface area (Å²) in [6, 6.07) is 2.44. The highest BCUT2D eigenvalue weighted by Crippen LogP contribution is 2.70. The second kappa shape index (κ2) is 7.07. The molecule has 1 aromatic rings. The van der Waals surface area contributed by atoms with E-state index in [4.69, 9.17) is 9.98 Å². The topological polar surface area (TPSA) is 28.5 Å². The smallest absolute Gasteiger partial charge is 0.141 e. The van der Waals surface area contributed by atoms with Gasteiger partial charge in [0.15, 0.2) is 0 Å². The third-order valence-electron chi connectivity index (χ3n) is 8.43. The van der Waals surface area contributed by atoms with E-state index in [9.17, 15) is 0 Å². The predicted molar refractivity (Wildman–Crippen MR) is 127 cm³/mol. The van der Waals surface area contributed by atoms with Crippen LogP contribution in [0.15, 0.2) is 40.7 Å². The molecule has 30 heavy (non-hydrogen) atoms. The van der Waals surface area contributed by atoms with Crippen molar-refractivity contribution in [3.63, 3.8) is 0 Å². The van der Waals surface area contributed by atoms with Crippen molar-refractivity contribution in [2.24, 2.45) is 33.6 Å². The molecule has 1 fully saturated rings. The molecule has 3 heteroatoms. The average Bonchev–Trinajstić information content (AvgIpc) is 3.29. The lowest BCUT2D eigenvalue weighted by Gasteiger charge is -2.45. The highest BCUT2D eigenvalue weighted by Gasteiger charge is 2.64. The van der Waals surface area contributed by atoms with Crippen molar-refractivity contribution in [2.45, 2.75) is 74.3 Å². The maximum atomic E-state index is 5.32. The molecule has 1 saturated carbocycles. The van der Waals surface area contributed by atoms with E-state index < -0.39 is 0 Å². The molecule has 0 bridgehead atoms. The van der Waals surface area contributed by atoms with Crippen molar-refractivity contribution in [3.8, 4) is 0 Å². The van der Waals surface area contributed by atoms with E-state index in [1.54, 1.807) is 5.57 Å². The number of hydrogen-bond acceptors (Lipinski definition) is 3. The number of nitrogens with zero attached hydrogens (tertiary/aromatic N) is 3. The molecule has 3 nitrogen and oxygen atoms in total. The van der Waals surface area contributed by atoms with E-state index >= 15 is 0 Å². The number of pyridine rings is 1. The fourth-order valence-electron chi connectivity index (χ4n) is 6.49. The number of allylic oxidation sites excluding steroid dienone is 2. The van der Waals surface area contributed by atoms with Gasteiger partial charge in [0.25, 0.3) is 0 Å². The average molecular weight is 406 g/mol. The Kier molecular flexibility index (Phi) is 5.03. The molecule has 3 unspecified atom stereocenters. The van der Waals surface area contributed by atoms with Gasteiger partial charge in [-0.1, -0.05) is 60.1 Å². The lowest BCUT2D eigenvalue weighted by molar-refractivity contribution is 0.377. The summed E-state index contributed by atoms with van der Waals surface area (Å²) in [7, 11) is 2.14. The number of hydrogen-bond donors (Lipinski definition) is 0. The Hall–Kier alpha value is -1.90. The summed E-state index contributed by atoms with van der Waals surface area (Å²) in [6.07, 6.45) is 9.09. The van der Waals surface area contributed by atoms with Crippen molar-refractivity contribution in [1.82, 2.24) is 4.98 Å². The fraction of sp³-hybridized carbons (Fsp3) is 0.630. The second-order valence-corrected chi connectivity index (χ2v) is 10.6. The molecule has 0 radical (unpaired) electrons. The molecule has 162 valence electrons. The monoisotopic (exact) mass is 405 g/mol. The molecule has 0 amide bonds. The molecule has 2 aliphatic carbocycles. The molecular formula is C27H39N3. The van der Waals surface area contributed by atoms with Crippen LogP contribution in [0.2, 0.25) is 0 Å². The molecule has 1 aliphatic heterocycles. The molecule has 0 N–H and O–H groups in total. The third kappa shape index (κ3) is 2.77. The minimum Gasteiger partial charge on any atom is -0.333 e. The minimum atomic E-state index is 0.167. The summed E-state index contributed by atoms with van der Waals surface area (Å²) in [5, 5.41) is 2.46. The van der Waals surface area contributed by atoms with Crippen molar-refractivity contribution in [3.05, 3.63) is 46.3 Å². The van der Waals surface area contributed by atoms with E-state index in [2.05, 4.69) is 85.6 Å². The van der Waals surface area contributed by atoms with Crippen LogP contribution in [-0.4, -0.2) is 18.1 Å². The highest BCUT2D eigenvalue weighted by atomic mass is 15.2. The predicted octanol–water partition coefficient (Wildman–Crippen LogP) is 5.27. The zero-order chi connectivity index (χ0) is 22.0. The summed E-state index contributed by atoms with van der Waals surface area (Å²) in [5.74, 6) is 2.98. The molecule has 2 heterocycles. The van der Waals surface area contributed by atoms with Crippen LogP contribution in [0, 0.1) is 28.6 Å². The van der Waals surface area contributed by atoms with E-state index in [0.29, 0.717) is 12.0 Å². The zero-order valence-corrected chi connectivity index (χ0v) is 20.4. The van der Waals surface area contributed by atoms with Gasteiger partial charge in [-0.25, -0.2) is 4.98 Å². The van der Waals surface area contributed by atoms with Gasteiger partial charge in [0.05, 0.1) is 11.4 Å². The van der Waals surface area contributed by atoms with E-state index in [1.165, 1.54) is 29.3 Å². The summed E-state index contributed by atoms with van der Waals surface area (Å²) in [5.41, 5.74) is 4.80. The number of aromatic nitrogens is 1. The molecular weight excluding hydrogens is 366 g/mol. The Balaban J connectivity index is 2.05. The van der Waals surface area contributed by atoms with Crippen LogP contribution in [0.4, 0.5) is 5.82 Å². The van der Waals surface area contributed by atoms with Crippen LogP contribution in [-0.2, 0) is 0 Å². The highest BCUT2D eigenvalue weighted by molar-refractivity contribution is 5.71. The van der Waals surface area contributed by atoms with Crippen LogP contribution in [0.25, 0.3) is 5.57 Å². The normalized spacial score (nSPS) is 32.5. The maximum Gasteiger partial charge on any atom is 0.141 e. The first-order valence-electron chi connectivity index (χ1n) is 11.8. The number of anilines is 1. The van der Waals surface area contributed by atoms with Crippen LogP contribution < -0.4 is 15.5 Å². The first-order chi connectivity index (χ1) is 14.1. The Labute approximate surface area is 182 Å². The molecule has 0 saturated heterocycles. The van der Waals surface area contributed by atoms with Crippen LogP contribution in [0.5, 0.6) is 0 Å². The van der Waals surface area contributed by atoms with Gasteiger partial charge in [0, 0.05) is 30.1 Å². The van der Waals surface area contributed by atoms with Crippen molar-refractivity contribution < 1.29 is 0 Å². The SMILES string of the molecule is CC=C(C)N(C)c1nccc2c1=C([C@@]1(CC)C(C)C1CC)C1C=C(C(C)(C)C)[C@H]1N=2. The largest absolute Gasteiger partial charge is 0.333 e. The van der Waals surface area contributed by atoms with E-state index in [1.807, 2.05) is 6.20 Å². The van der Waals surface area contributed by atoms with Gasteiger partial charge in [-0.3, -0.25) is 4.99 Å². The Morgan fingerprint density at radius 2 is 1.97 bits per heavy atom. The lowest BCUT2D eigenvalue weighted by Crippen LogP contribution is -2.50. The van der Waals surface area contributed by atoms with Gasteiger partial charge in [-0.05, 0) is 60.1 Å². The Morgan fingerprint density at radius 3 is 2.50 bits per heavy atom. The first-order valence-corrected chi connectivity index (χ1v) is 11.8. The van der Waals surface area contributed by atoms with Gasteiger partial charge < -0.3 is 4.90 Å². The summed E-state index contributed by atoms with van der Waals surface area (Å²) in [4.78, 5) is 12.5. The van der Waals surface area contributed by atoms with Crippen LogP contribution in [0.1, 0.15) is 68.2 Å². The minimum absolute atomic E-state index is 0.167. The fourth-order valence-corrected chi connectivity index (χ4v) is 6.49. The number of rotatable bonds is 5. The molecule has 0 spiro atoms. The van der Waals surface area contributed by atoms with Gasteiger partial charge in [-0.2, -0.15) is 0 Å².